The molecule has 0 aromatic carbocycles. The Bertz CT molecular complexity index is 426. The molecule has 0 radical (unpaired) electrons. The van der Waals surface area contributed by atoms with Crippen LogP contribution in [0.5, 0.6) is 0 Å². The smallest absolute Gasteiger partial charge is 0.0543 e. The highest BCUT2D eigenvalue weighted by atomic mass is 16.3. The molecule has 214 valence electrons. The highest BCUT2D eigenvalue weighted by molar-refractivity contribution is 4.82. The van der Waals surface area contributed by atoms with E-state index in [0.29, 0.717) is 0 Å². The summed E-state index contributed by atoms with van der Waals surface area (Å²) in [5, 5.41) is 10.1. The molecule has 1 atom stereocenters. The lowest BCUT2D eigenvalue weighted by molar-refractivity contribution is 0.152. The number of rotatable bonds is 31. The Kier molecular flexibility index (Phi) is 32.0. The van der Waals surface area contributed by atoms with Gasteiger partial charge in [0, 0.05) is 0 Å². The Morgan fingerprint density at radius 1 is 0.444 bits per heavy atom. The fraction of sp³-hybridized carbons (Fsp3) is 0.886. The van der Waals surface area contributed by atoms with Gasteiger partial charge >= 0.3 is 0 Å². The van der Waals surface area contributed by atoms with Crippen LogP contribution in [0.15, 0.2) is 24.8 Å². The van der Waals surface area contributed by atoms with E-state index >= 15 is 0 Å². The summed E-state index contributed by atoms with van der Waals surface area (Å²) in [6, 6.07) is 0. The Labute approximate surface area is 229 Å². The molecule has 0 saturated carbocycles. The monoisotopic (exact) mass is 505 g/mol. The van der Waals surface area contributed by atoms with Crippen molar-refractivity contribution in [2.75, 3.05) is 0 Å². The van der Waals surface area contributed by atoms with Gasteiger partial charge in [-0.2, -0.15) is 0 Å². The van der Waals surface area contributed by atoms with Crippen molar-refractivity contribution in [2.45, 2.75) is 199 Å². The number of aliphatic hydroxyl groups is 1. The highest BCUT2D eigenvalue weighted by Crippen LogP contribution is 2.16. The summed E-state index contributed by atoms with van der Waals surface area (Å²) in [6.07, 6.45) is 45.6. The summed E-state index contributed by atoms with van der Waals surface area (Å²) in [5.74, 6) is 0. The molecule has 0 aliphatic heterocycles. The van der Waals surface area contributed by atoms with Gasteiger partial charge in [-0.25, -0.2) is 0 Å². The number of hydrogen-bond acceptors (Lipinski definition) is 1. The van der Waals surface area contributed by atoms with Gasteiger partial charge in [0.15, 0.2) is 0 Å². The van der Waals surface area contributed by atoms with E-state index in [2.05, 4.69) is 25.7 Å². The second kappa shape index (κ2) is 32.5. The fourth-order valence-electron chi connectivity index (χ4n) is 5.21. The number of unbranched alkanes of at least 4 members (excludes halogenated alkanes) is 24. The largest absolute Gasteiger partial charge is 0.393 e. The molecule has 0 aliphatic carbocycles. The topological polar surface area (TPSA) is 20.2 Å². The van der Waals surface area contributed by atoms with E-state index in [1.165, 1.54) is 161 Å². The van der Waals surface area contributed by atoms with Crippen LogP contribution in [-0.2, 0) is 0 Å². The van der Waals surface area contributed by atoms with Crippen LogP contribution < -0.4 is 0 Å². The van der Waals surface area contributed by atoms with Gasteiger partial charge < -0.3 is 5.11 Å². The van der Waals surface area contributed by atoms with Crippen LogP contribution in [0.1, 0.15) is 193 Å². The zero-order valence-corrected chi connectivity index (χ0v) is 25.0. The Balaban J connectivity index is 3.14. The van der Waals surface area contributed by atoms with Gasteiger partial charge in [0.25, 0.3) is 0 Å². The first kappa shape index (κ1) is 35.4. The first-order valence-corrected chi connectivity index (χ1v) is 16.7. The summed E-state index contributed by atoms with van der Waals surface area (Å²) >= 11 is 0. The summed E-state index contributed by atoms with van der Waals surface area (Å²) in [7, 11) is 0. The first-order valence-electron chi connectivity index (χ1n) is 16.7. The number of hydrogen-bond donors (Lipinski definition) is 1. The predicted octanol–water partition coefficient (Wildman–Crippen LogP) is 12.4. The first-order chi connectivity index (χ1) is 17.8. The van der Waals surface area contributed by atoms with Crippen LogP contribution in [0, 0.1) is 0 Å². The lowest BCUT2D eigenvalue weighted by Gasteiger charge is -2.09. The van der Waals surface area contributed by atoms with E-state index in [0.717, 1.165) is 25.7 Å². The minimum absolute atomic E-state index is 0.0967. The van der Waals surface area contributed by atoms with Gasteiger partial charge in [-0.15, -0.1) is 6.58 Å². The number of aliphatic hydroxyl groups excluding tert-OH is 1. The Hall–Kier alpha value is -0.560. The molecule has 0 fully saturated rings. The fourth-order valence-corrected chi connectivity index (χ4v) is 5.21. The van der Waals surface area contributed by atoms with Gasteiger partial charge in [-0.1, -0.05) is 166 Å². The van der Waals surface area contributed by atoms with Crippen molar-refractivity contribution in [1.82, 2.24) is 0 Å². The second-order valence-corrected chi connectivity index (χ2v) is 11.5. The molecule has 1 N–H and O–H groups in total. The summed E-state index contributed by atoms with van der Waals surface area (Å²) in [4.78, 5) is 0. The molecule has 0 rings (SSSR count). The number of allylic oxidation sites excluding steroid dienone is 3. The lowest BCUT2D eigenvalue weighted by atomic mass is 10.0. The van der Waals surface area contributed by atoms with E-state index in [1.54, 1.807) is 0 Å². The molecule has 0 aliphatic rings. The minimum atomic E-state index is -0.0967. The van der Waals surface area contributed by atoms with E-state index in [9.17, 15) is 5.11 Å². The normalized spacial score (nSPS) is 12.5. The predicted molar refractivity (Wildman–Crippen MR) is 165 cm³/mol. The summed E-state index contributed by atoms with van der Waals surface area (Å²) < 4.78 is 0. The van der Waals surface area contributed by atoms with Crippen LogP contribution in [0.25, 0.3) is 0 Å². The third-order valence-electron chi connectivity index (χ3n) is 7.75. The molecule has 36 heavy (non-hydrogen) atoms. The summed E-state index contributed by atoms with van der Waals surface area (Å²) in [5.41, 5.74) is 0. The van der Waals surface area contributed by atoms with Crippen LogP contribution in [0.3, 0.4) is 0 Å². The van der Waals surface area contributed by atoms with Crippen LogP contribution in [0.4, 0.5) is 0 Å². The van der Waals surface area contributed by atoms with E-state index in [1.807, 2.05) is 6.08 Å². The van der Waals surface area contributed by atoms with Gasteiger partial charge in [0.05, 0.1) is 6.10 Å². The maximum absolute atomic E-state index is 10.1. The van der Waals surface area contributed by atoms with Crippen LogP contribution in [0.2, 0.25) is 0 Å². The molecule has 0 heterocycles. The third kappa shape index (κ3) is 31.5. The average Bonchev–Trinajstić information content (AvgIpc) is 2.88. The molecule has 1 unspecified atom stereocenters. The van der Waals surface area contributed by atoms with Crippen molar-refractivity contribution in [1.29, 1.82) is 0 Å². The van der Waals surface area contributed by atoms with Crippen molar-refractivity contribution >= 4 is 0 Å². The van der Waals surface area contributed by atoms with Gasteiger partial charge in [0.2, 0.25) is 0 Å². The van der Waals surface area contributed by atoms with Crippen molar-refractivity contribution in [3.63, 3.8) is 0 Å². The molecular weight excluding hydrogens is 436 g/mol. The minimum Gasteiger partial charge on any atom is -0.393 e. The van der Waals surface area contributed by atoms with Crippen molar-refractivity contribution < 1.29 is 5.11 Å². The van der Waals surface area contributed by atoms with Crippen molar-refractivity contribution in [3.8, 4) is 0 Å². The molecule has 0 aromatic heterocycles. The molecule has 0 amide bonds. The SMILES string of the molecule is C=CCCCCC=CCCC(O)CCCCCCCCCCCCCCCCCCCCCCCC. The molecule has 0 spiro atoms. The Morgan fingerprint density at radius 2 is 0.806 bits per heavy atom. The molecule has 0 aromatic rings. The van der Waals surface area contributed by atoms with Crippen molar-refractivity contribution in [3.05, 3.63) is 24.8 Å². The zero-order chi connectivity index (χ0) is 26.2. The zero-order valence-electron chi connectivity index (χ0n) is 25.0. The molecule has 1 heteroatoms. The average molecular weight is 505 g/mol. The van der Waals surface area contributed by atoms with E-state index in [-0.39, 0.29) is 6.10 Å². The standard InChI is InChI=1S/C35H68O/c1-3-5-7-9-11-13-14-15-16-17-18-19-20-21-22-23-24-25-26-28-30-32-34-35(36)33-31-29-27-12-10-8-6-4-2/h4,27,29,35-36H,2-3,5-26,28,30-34H2,1H3. The highest BCUT2D eigenvalue weighted by Gasteiger charge is 2.02. The van der Waals surface area contributed by atoms with Gasteiger partial charge in [-0.3, -0.25) is 0 Å². The van der Waals surface area contributed by atoms with Crippen molar-refractivity contribution in [2.24, 2.45) is 0 Å². The molecular formula is C35H68O. The molecule has 0 bridgehead atoms. The quantitative estimate of drug-likeness (QED) is 0.0735. The van der Waals surface area contributed by atoms with Gasteiger partial charge in [-0.05, 0) is 44.9 Å². The van der Waals surface area contributed by atoms with Gasteiger partial charge in [0.1, 0.15) is 0 Å². The van der Waals surface area contributed by atoms with Crippen LogP contribution >= 0.6 is 0 Å². The summed E-state index contributed by atoms with van der Waals surface area (Å²) in [6.45, 7) is 6.06. The lowest BCUT2D eigenvalue weighted by Crippen LogP contribution is -2.05. The second-order valence-electron chi connectivity index (χ2n) is 11.5. The Morgan fingerprint density at radius 3 is 1.22 bits per heavy atom. The van der Waals surface area contributed by atoms with E-state index in [4.69, 9.17) is 0 Å². The maximum Gasteiger partial charge on any atom is 0.0543 e. The maximum atomic E-state index is 10.1. The van der Waals surface area contributed by atoms with Crippen LogP contribution in [-0.4, -0.2) is 11.2 Å². The molecule has 0 saturated heterocycles. The molecule has 1 nitrogen and oxygen atoms in total. The van der Waals surface area contributed by atoms with E-state index < -0.39 is 0 Å². The third-order valence-corrected chi connectivity index (χ3v) is 7.75.